The van der Waals surface area contributed by atoms with Crippen molar-refractivity contribution in [2.75, 3.05) is 11.4 Å². The summed E-state index contributed by atoms with van der Waals surface area (Å²) in [6, 6.07) is 28.3. The number of nitriles is 1. The van der Waals surface area contributed by atoms with E-state index in [-0.39, 0.29) is 0 Å². The van der Waals surface area contributed by atoms with E-state index < -0.39 is 0 Å². The Bertz CT molecular complexity index is 849. The van der Waals surface area contributed by atoms with Crippen LogP contribution in [0.5, 0.6) is 5.75 Å². The third kappa shape index (κ3) is 4.64. The number of ether oxygens (including phenoxy) is 1. The van der Waals surface area contributed by atoms with E-state index in [1.807, 2.05) is 54.6 Å². The van der Waals surface area contributed by atoms with Gasteiger partial charge in [-0.1, -0.05) is 42.5 Å². The number of benzene rings is 3. The fourth-order valence-electron chi connectivity index (χ4n) is 2.78. The first-order valence-corrected chi connectivity index (χ1v) is 8.79. The highest BCUT2D eigenvalue weighted by Crippen LogP contribution is 2.20. The van der Waals surface area contributed by atoms with Gasteiger partial charge < -0.3 is 9.64 Å². The monoisotopic (exact) mass is 342 g/mol. The molecule has 0 bridgehead atoms. The van der Waals surface area contributed by atoms with Gasteiger partial charge in [-0.15, -0.1) is 0 Å². The highest BCUT2D eigenvalue weighted by molar-refractivity contribution is 5.50. The summed E-state index contributed by atoms with van der Waals surface area (Å²) < 4.78 is 5.84. The molecule has 0 N–H and O–H groups in total. The quantitative estimate of drug-likeness (QED) is 0.595. The van der Waals surface area contributed by atoms with E-state index in [0.717, 1.165) is 30.1 Å². The second kappa shape index (κ2) is 8.73. The zero-order chi connectivity index (χ0) is 18.2. The third-order valence-electron chi connectivity index (χ3n) is 4.29. The minimum atomic E-state index is 0.576. The van der Waals surface area contributed by atoms with Crippen molar-refractivity contribution in [3.8, 4) is 11.8 Å². The van der Waals surface area contributed by atoms with E-state index in [9.17, 15) is 0 Å². The van der Waals surface area contributed by atoms with Crippen LogP contribution in [-0.4, -0.2) is 6.54 Å². The van der Waals surface area contributed by atoms with Crippen LogP contribution in [0.4, 0.5) is 5.69 Å². The van der Waals surface area contributed by atoms with E-state index in [1.165, 1.54) is 5.56 Å². The topological polar surface area (TPSA) is 36.3 Å². The minimum absolute atomic E-state index is 0.576. The van der Waals surface area contributed by atoms with Crippen LogP contribution in [0.1, 0.15) is 23.6 Å². The Hall–Kier alpha value is -3.25. The lowest BCUT2D eigenvalue weighted by Gasteiger charge is -2.23. The predicted molar refractivity (Wildman–Crippen MR) is 105 cm³/mol. The van der Waals surface area contributed by atoms with Crippen molar-refractivity contribution in [1.29, 1.82) is 5.26 Å². The van der Waals surface area contributed by atoms with Crippen LogP contribution in [0.3, 0.4) is 0 Å². The predicted octanol–water partition coefficient (Wildman–Crippen LogP) is 5.16. The molecule has 130 valence electrons. The van der Waals surface area contributed by atoms with Crippen LogP contribution in [-0.2, 0) is 13.2 Å². The summed E-state index contributed by atoms with van der Waals surface area (Å²) in [5.41, 5.74) is 4.19. The molecule has 0 unspecified atom stereocenters. The molecule has 0 spiro atoms. The van der Waals surface area contributed by atoms with Crippen LogP contribution < -0.4 is 9.64 Å². The molecule has 0 aromatic heterocycles. The summed E-state index contributed by atoms with van der Waals surface area (Å²) in [4.78, 5) is 2.28. The molecule has 0 amide bonds. The number of rotatable bonds is 7. The SMILES string of the molecule is CCN(Cc1ccc(OCc2ccccc2)cc1)c1ccc(C#N)cc1. The largest absolute Gasteiger partial charge is 0.489 e. The summed E-state index contributed by atoms with van der Waals surface area (Å²) in [5.74, 6) is 0.874. The zero-order valence-corrected chi connectivity index (χ0v) is 14.9. The lowest BCUT2D eigenvalue weighted by atomic mass is 10.1. The van der Waals surface area contributed by atoms with E-state index in [0.29, 0.717) is 12.2 Å². The van der Waals surface area contributed by atoms with Crippen molar-refractivity contribution in [3.05, 3.63) is 95.6 Å². The van der Waals surface area contributed by atoms with Gasteiger partial charge in [-0.2, -0.15) is 5.26 Å². The molecule has 3 rings (SSSR count). The number of anilines is 1. The van der Waals surface area contributed by atoms with Gasteiger partial charge in [0.1, 0.15) is 12.4 Å². The Balaban J connectivity index is 1.61. The molecule has 3 nitrogen and oxygen atoms in total. The summed E-state index contributed by atoms with van der Waals surface area (Å²) in [5, 5.41) is 8.93. The molecule has 0 aliphatic rings. The Morgan fingerprint density at radius 2 is 1.54 bits per heavy atom. The van der Waals surface area contributed by atoms with Crippen molar-refractivity contribution in [2.24, 2.45) is 0 Å². The molecule has 0 aliphatic heterocycles. The van der Waals surface area contributed by atoms with E-state index in [2.05, 4.69) is 42.2 Å². The van der Waals surface area contributed by atoms with Gasteiger partial charge in [0.15, 0.2) is 0 Å². The van der Waals surface area contributed by atoms with Gasteiger partial charge in [-0.3, -0.25) is 0 Å². The summed E-state index contributed by atoms with van der Waals surface area (Å²) in [7, 11) is 0. The maximum atomic E-state index is 8.93. The second-order valence-electron chi connectivity index (χ2n) is 6.09. The summed E-state index contributed by atoms with van der Waals surface area (Å²) in [6.07, 6.45) is 0. The fraction of sp³-hybridized carbons (Fsp3) is 0.174. The van der Waals surface area contributed by atoms with Gasteiger partial charge >= 0.3 is 0 Å². The standard InChI is InChI=1S/C23H22N2O/c1-2-25(22-12-8-19(16-24)9-13-22)17-20-10-14-23(15-11-20)26-18-21-6-4-3-5-7-21/h3-15H,2,17-18H2,1H3. The normalized spacial score (nSPS) is 10.2. The number of hydrogen-bond acceptors (Lipinski definition) is 3. The van der Waals surface area contributed by atoms with Crippen LogP contribution in [0.25, 0.3) is 0 Å². The molecule has 0 aliphatic carbocycles. The first kappa shape index (κ1) is 17.6. The van der Waals surface area contributed by atoms with Crippen molar-refractivity contribution < 1.29 is 4.74 Å². The van der Waals surface area contributed by atoms with Crippen LogP contribution in [0.2, 0.25) is 0 Å². The van der Waals surface area contributed by atoms with Crippen molar-refractivity contribution in [3.63, 3.8) is 0 Å². The second-order valence-corrected chi connectivity index (χ2v) is 6.09. The smallest absolute Gasteiger partial charge is 0.119 e. The van der Waals surface area contributed by atoms with E-state index in [4.69, 9.17) is 10.00 Å². The number of hydrogen-bond donors (Lipinski definition) is 0. The molecule has 3 aromatic rings. The molecule has 0 radical (unpaired) electrons. The van der Waals surface area contributed by atoms with Crippen LogP contribution >= 0.6 is 0 Å². The molecule has 0 atom stereocenters. The maximum absolute atomic E-state index is 8.93. The highest BCUT2D eigenvalue weighted by Gasteiger charge is 2.06. The lowest BCUT2D eigenvalue weighted by molar-refractivity contribution is 0.306. The molecule has 0 fully saturated rings. The van der Waals surface area contributed by atoms with Gasteiger partial charge in [0.05, 0.1) is 11.6 Å². The van der Waals surface area contributed by atoms with Crippen LogP contribution in [0, 0.1) is 11.3 Å². The zero-order valence-electron chi connectivity index (χ0n) is 14.9. The van der Waals surface area contributed by atoms with Crippen molar-refractivity contribution >= 4 is 5.69 Å². The minimum Gasteiger partial charge on any atom is -0.489 e. The molecule has 0 heterocycles. The van der Waals surface area contributed by atoms with Crippen LogP contribution in [0.15, 0.2) is 78.9 Å². The van der Waals surface area contributed by atoms with Gasteiger partial charge in [-0.25, -0.2) is 0 Å². The Morgan fingerprint density at radius 1 is 0.846 bits per heavy atom. The van der Waals surface area contributed by atoms with Gasteiger partial charge in [0, 0.05) is 18.8 Å². The summed E-state index contributed by atoms with van der Waals surface area (Å²) >= 11 is 0. The molecular weight excluding hydrogens is 320 g/mol. The Morgan fingerprint density at radius 3 is 2.15 bits per heavy atom. The summed E-state index contributed by atoms with van der Waals surface area (Å²) in [6.45, 7) is 4.43. The molecule has 3 heteroatoms. The van der Waals surface area contributed by atoms with E-state index >= 15 is 0 Å². The maximum Gasteiger partial charge on any atom is 0.119 e. The van der Waals surface area contributed by atoms with Crippen molar-refractivity contribution in [2.45, 2.75) is 20.1 Å². The van der Waals surface area contributed by atoms with Gasteiger partial charge in [0.2, 0.25) is 0 Å². The molecule has 26 heavy (non-hydrogen) atoms. The first-order chi connectivity index (χ1) is 12.8. The Labute approximate surface area is 155 Å². The van der Waals surface area contributed by atoms with Gasteiger partial charge in [-0.05, 0) is 54.4 Å². The molecular formula is C23H22N2O. The average Bonchev–Trinajstić information content (AvgIpc) is 2.72. The number of nitrogens with zero attached hydrogens (tertiary/aromatic N) is 2. The Kier molecular flexibility index (Phi) is 5.90. The third-order valence-corrected chi connectivity index (χ3v) is 4.29. The molecule has 0 saturated heterocycles. The molecule has 0 saturated carbocycles. The van der Waals surface area contributed by atoms with E-state index in [1.54, 1.807) is 0 Å². The lowest BCUT2D eigenvalue weighted by Crippen LogP contribution is -2.21. The van der Waals surface area contributed by atoms with Crippen molar-refractivity contribution in [1.82, 2.24) is 0 Å². The molecule has 3 aromatic carbocycles. The van der Waals surface area contributed by atoms with Gasteiger partial charge in [0.25, 0.3) is 0 Å². The highest BCUT2D eigenvalue weighted by atomic mass is 16.5. The first-order valence-electron chi connectivity index (χ1n) is 8.79. The fourth-order valence-corrected chi connectivity index (χ4v) is 2.78. The average molecular weight is 342 g/mol.